The normalized spacial score (nSPS) is 11.8. The Morgan fingerprint density at radius 3 is 2.23 bits per heavy atom. The largest absolute Gasteiger partial charge is 0.497 e. The van der Waals surface area contributed by atoms with Crippen LogP contribution in [0, 0.1) is 0 Å². The molecule has 3 aromatic rings. The Balaban J connectivity index is 2.15. The molecule has 1 N–H and O–H groups in total. The van der Waals surface area contributed by atoms with Crippen molar-refractivity contribution in [1.82, 2.24) is 10.2 Å². The van der Waals surface area contributed by atoms with Gasteiger partial charge >= 0.3 is 0 Å². The number of hydrogen-bond acceptors (Lipinski definition) is 6. The van der Waals surface area contributed by atoms with E-state index in [0.717, 1.165) is 4.31 Å². The number of nitrogens with zero attached hydrogens (tertiary/aromatic N) is 2. The number of hydrogen-bond donors (Lipinski definition) is 1. The summed E-state index contributed by atoms with van der Waals surface area (Å²) < 4.78 is 39.7. The molecule has 0 spiro atoms. The van der Waals surface area contributed by atoms with E-state index in [4.69, 9.17) is 21.1 Å². The van der Waals surface area contributed by atoms with E-state index in [1.165, 1.54) is 44.4 Å². The lowest BCUT2D eigenvalue weighted by molar-refractivity contribution is -0.140. The Morgan fingerprint density at radius 2 is 1.64 bits per heavy atom. The lowest BCUT2D eigenvalue weighted by atomic mass is 10.1. The smallest absolute Gasteiger partial charge is 0.264 e. The Kier molecular flexibility index (Phi) is 10.2. The fourth-order valence-corrected chi connectivity index (χ4v) is 5.75. The molecule has 3 rings (SSSR count). The minimum Gasteiger partial charge on any atom is -0.497 e. The molecule has 0 saturated heterocycles. The molecule has 0 heterocycles. The number of ether oxygens (including phenoxy) is 2. The number of anilines is 1. The SMILES string of the molecule is CC[C@@H](C(=O)NC)N(Cc1ccccc1Cl)C(=O)CN(c1cc(OC)ccc1OC)S(=O)(=O)c1ccccc1. The van der Waals surface area contributed by atoms with E-state index in [1.54, 1.807) is 61.5 Å². The van der Waals surface area contributed by atoms with Gasteiger partial charge in [-0.15, -0.1) is 0 Å². The molecule has 39 heavy (non-hydrogen) atoms. The second-order valence-corrected chi connectivity index (χ2v) is 10.8. The lowest BCUT2D eigenvalue weighted by Crippen LogP contribution is -2.51. The van der Waals surface area contributed by atoms with Gasteiger partial charge in [-0.1, -0.05) is 54.9 Å². The van der Waals surface area contributed by atoms with E-state index < -0.39 is 28.5 Å². The van der Waals surface area contributed by atoms with Crippen LogP contribution >= 0.6 is 11.6 Å². The number of benzene rings is 3. The van der Waals surface area contributed by atoms with Crippen LogP contribution < -0.4 is 19.1 Å². The third kappa shape index (κ3) is 6.82. The van der Waals surface area contributed by atoms with Gasteiger partial charge in [0.05, 0.1) is 24.8 Å². The number of carbonyl (C=O) groups is 2. The minimum absolute atomic E-state index is 0.00109. The van der Waals surface area contributed by atoms with Crippen molar-refractivity contribution in [3.8, 4) is 11.5 Å². The molecule has 0 bridgehead atoms. The number of halogens is 1. The highest BCUT2D eigenvalue weighted by atomic mass is 35.5. The number of amides is 2. The van der Waals surface area contributed by atoms with Gasteiger partial charge in [-0.25, -0.2) is 8.42 Å². The molecule has 9 nitrogen and oxygen atoms in total. The van der Waals surface area contributed by atoms with Crippen LogP contribution in [0.4, 0.5) is 5.69 Å². The fourth-order valence-electron chi connectivity index (χ4n) is 4.12. The highest BCUT2D eigenvalue weighted by Crippen LogP contribution is 2.36. The summed E-state index contributed by atoms with van der Waals surface area (Å²) in [4.78, 5) is 28.2. The first-order chi connectivity index (χ1) is 18.7. The van der Waals surface area contributed by atoms with E-state index in [0.29, 0.717) is 22.8 Å². The maximum Gasteiger partial charge on any atom is 0.264 e. The van der Waals surface area contributed by atoms with E-state index in [1.807, 2.05) is 0 Å². The molecule has 0 aliphatic carbocycles. The first kappa shape index (κ1) is 29.8. The maximum atomic E-state index is 14.0. The Bertz CT molecular complexity index is 1400. The van der Waals surface area contributed by atoms with Crippen molar-refractivity contribution in [3.63, 3.8) is 0 Å². The first-order valence-electron chi connectivity index (χ1n) is 12.2. The van der Waals surface area contributed by atoms with Gasteiger partial charge in [0.1, 0.15) is 24.1 Å². The van der Waals surface area contributed by atoms with Crippen molar-refractivity contribution in [2.24, 2.45) is 0 Å². The first-order valence-corrected chi connectivity index (χ1v) is 14.0. The predicted octanol–water partition coefficient (Wildman–Crippen LogP) is 4.11. The summed E-state index contributed by atoms with van der Waals surface area (Å²) in [5.41, 5.74) is 0.728. The van der Waals surface area contributed by atoms with Gasteiger partial charge in [0.2, 0.25) is 11.8 Å². The molecule has 11 heteroatoms. The molecule has 2 amide bonds. The zero-order valence-corrected chi connectivity index (χ0v) is 23.8. The number of rotatable bonds is 12. The molecule has 0 aromatic heterocycles. The number of nitrogens with one attached hydrogen (secondary N) is 1. The average molecular weight is 574 g/mol. The van der Waals surface area contributed by atoms with Crippen molar-refractivity contribution in [3.05, 3.63) is 83.4 Å². The fraction of sp³-hybridized carbons (Fsp3) is 0.286. The van der Waals surface area contributed by atoms with Gasteiger partial charge in [0.15, 0.2) is 0 Å². The Hall–Kier alpha value is -3.76. The number of likely N-dealkylation sites (N-methyl/N-ethyl adjacent to an activating group) is 1. The second kappa shape index (κ2) is 13.3. The maximum absolute atomic E-state index is 14.0. The van der Waals surface area contributed by atoms with Crippen molar-refractivity contribution >= 4 is 39.1 Å². The molecule has 1 atom stereocenters. The third-order valence-electron chi connectivity index (χ3n) is 6.20. The second-order valence-electron chi connectivity index (χ2n) is 8.51. The van der Waals surface area contributed by atoms with Crippen molar-refractivity contribution < 1.29 is 27.5 Å². The summed E-state index contributed by atoms with van der Waals surface area (Å²) in [6, 6.07) is 18.6. The van der Waals surface area contributed by atoms with E-state index in [-0.39, 0.29) is 28.8 Å². The standard InChI is InChI=1S/C28H32ClN3O6S/c1-5-24(28(34)30-2)31(18-20-11-9-10-14-23(20)29)27(33)19-32(39(35,36)22-12-7-6-8-13-22)25-17-21(37-3)15-16-26(25)38-4/h6-17,24H,5,18-19H2,1-4H3,(H,30,34)/t24-/m0/s1. The molecule has 0 aliphatic rings. The van der Waals surface area contributed by atoms with Crippen LogP contribution in [0.2, 0.25) is 5.02 Å². The summed E-state index contributed by atoms with van der Waals surface area (Å²) in [6.07, 6.45) is 0.295. The highest BCUT2D eigenvalue weighted by molar-refractivity contribution is 7.92. The summed E-state index contributed by atoms with van der Waals surface area (Å²) in [5, 5.41) is 3.01. The molecule has 0 unspecified atom stereocenters. The minimum atomic E-state index is -4.26. The summed E-state index contributed by atoms with van der Waals surface area (Å²) in [7, 11) is 0.0840. The zero-order valence-electron chi connectivity index (χ0n) is 22.3. The van der Waals surface area contributed by atoms with Crippen LogP contribution in [0.3, 0.4) is 0 Å². The topological polar surface area (TPSA) is 105 Å². The monoisotopic (exact) mass is 573 g/mol. The molecular weight excluding hydrogens is 542 g/mol. The lowest BCUT2D eigenvalue weighted by Gasteiger charge is -2.33. The average Bonchev–Trinajstić information content (AvgIpc) is 2.96. The number of methoxy groups -OCH3 is 2. The van der Waals surface area contributed by atoms with Gasteiger partial charge < -0.3 is 19.7 Å². The van der Waals surface area contributed by atoms with Crippen LogP contribution in [-0.4, -0.2) is 59.0 Å². The Labute approximate surface area is 234 Å². The summed E-state index contributed by atoms with van der Waals surface area (Å²) in [5.74, 6) is -0.389. The van der Waals surface area contributed by atoms with Crippen LogP contribution in [0.25, 0.3) is 0 Å². The molecule has 3 aromatic carbocycles. The van der Waals surface area contributed by atoms with Gasteiger partial charge in [-0.3, -0.25) is 13.9 Å². The Morgan fingerprint density at radius 1 is 0.974 bits per heavy atom. The van der Waals surface area contributed by atoms with Crippen LogP contribution in [0.1, 0.15) is 18.9 Å². The van der Waals surface area contributed by atoms with Crippen LogP contribution in [0.15, 0.2) is 77.7 Å². The van der Waals surface area contributed by atoms with E-state index >= 15 is 0 Å². The molecule has 0 aliphatic heterocycles. The predicted molar refractivity (Wildman–Crippen MR) is 151 cm³/mol. The van der Waals surface area contributed by atoms with Gasteiger partial charge in [0.25, 0.3) is 10.0 Å². The van der Waals surface area contributed by atoms with Gasteiger partial charge in [-0.2, -0.15) is 0 Å². The highest BCUT2D eigenvalue weighted by Gasteiger charge is 2.35. The third-order valence-corrected chi connectivity index (χ3v) is 8.34. The van der Waals surface area contributed by atoms with E-state index in [2.05, 4.69) is 5.32 Å². The van der Waals surface area contributed by atoms with Crippen molar-refractivity contribution in [2.45, 2.75) is 30.8 Å². The molecule has 208 valence electrons. The van der Waals surface area contributed by atoms with E-state index in [9.17, 15) is 18.0 Å². The number of carbonyl (C=O) groups excluding carboxylic acids is 2. The summed E-state index contributed by atoms with van der Waals surface area (Å²) >= 11 is 6.39. The molecule has 0 saturated carbocycles. The molecule has 0 radical (unpaired) electrons. The van der Waals surface area contributed by atoms with Crippen molar-refractivity contribution in [2.75, 3.05) is 32.1 Å². The van der Waals surface area contributed by atoms with Gasteiger partial charge in [-0.05, 0) is 42.3 Å². The van der Waals surface area contributed by atoms with Crippen molar-refractivity contribution in [1.29, 1.82) is 0 Å². The molecule has 0 fully saturated rings. The van der Waals surface area contributed by atoms with Gasteiger partial charge in [0, 0.05) is 24.7 Å². The van der Waals surface area contributed by atoms with Crippen LogP contribution in [-0.2, 0) is 26.2 Å². The zero-order chi connectivity index (χ0) is 28.6. The number of sulfonamides is 1. The van der Waals surface area contributed by atoms with Crippen LogP contribution in [0.5, 0.6) is 11.5 Å². The quantitative estimate of drug-likeness (QED) is 0.350. The molecular formula is C28H32ClN3O6S. The summed E-state index contributed by atoms with van der Waals surface area (Å²) in [6.45, 7) is 1.16.